The molecule has 0 radical (unpaired) electrons. The number of amides is 1. The smallest absolute Gasteiger partial charge is 0.246 e. The molecule has 1 aromatic carbocycles. The van der Waals surface area contributed by atoms with E-state index in [-0.39, 0.29) is 23.6 Å². The van der Waals surface area contributed by atoms with Crippen molar-refractivity contribution in [1.29, 1.82) is 0 Å². The first-order valence-electron chi connectivity index (χ1n) is 8.38. The quantitative estimate of drug-likeness (QED) is 0.899. The van der Waals surface area contributed by atoms with Gasteiger partial charge >= 0.3 is 0 Å². The summed E-state index contributed by atoms with van der Waals surface area (Å²) in [6, 6.07) is 10.5. The van der Waals surface area contributed by atoms with Gasteiger partial charge in [-0.1, -0.05) is 32.0 Å². The Balaban J connectivity index is 1.98. The minimum atomic E-state index is -0.306. The molecule has 2 aromatic rings. The number of aromatic hydroxyl groups is 1. The highest BCUT2D eigenvalue weighted by atomic mass is 16.3. The first kappa shape index (κ1) is 16.3. The van der Waals surface area contributed by atoms with Gasteiger partial charge in [0.15, 0.2) is 0 Å². The van der Waals surface area contributed by atoms with E-state index in [1.54, 1.807) is 24.5 Å². The fraction of sp³-hybridized carbons (Fsp3) is 0.368. The number of furan rings is 1. The Morgan fingerprint density at radius 1 is 1.29 bits per heavy atom. The predicted octanol–water partition coefficient (Wildman–Crippen LogP) is 4.10. The van der Waals surface area contributed by atoms with Crippen LogP contribution in [0.5, 0.6) is 5.75 Å². The molecule has 3 rings (SSSR count). The molecule has 5 heteroatoms. The molecule has 0 aliphatic carbocycles. The van der Waals surface area contributed by atoms with Gasteiger partial charge in [-0.15, -0.1) is 0 Å². The third kappa shape index (κ3) is 2.94. The Hall–Kier alpha value is -2.56. The number of nitrogens with zero attached hydrogens (tertiary/aromatic N) is 2. The average Bonchev–Trinajstić information content (AvgIpc) is 3.26. The number of para-hydroxylation sites is 1. The molecule has 1 aromatic heterocycles. The van der Waals surface area contributed by atoms with E-state index in [4.69, 9.17) is 4.42 Å². The van der Waals surface area contributed by atoms with Crippen molar-refractivity contribution in [3.63, 3.8) is 0 Å². The van der Waals surface area contributed by atoms with E-state index in [2.05, 4.69) is 5.10 Å². The summed E-state index contributed by atoms with van der Waals surface area (Å²) in [5.41, 5.74) is 1.44. The van der Waals surface area contributed by atoms with Crippen LogP contribution in [-0.4, -0.2) is 21.7 Å². The zero-order valence-electron chi connectivity index (χ0n) is 14.0. The second kappa shape index (κ2) is 6.91. The first-order valence-corrected chi connectivity index (χ1v) is 8.38. The summed E-state index contributed by atoms with van der Waals surface area (Å²) in [5.74, 6) is 0.767. The van der Waals surface area contributed by atoms with E-state index in [0.29, 0.717) is 17.7 Å². The number of carbonyl (C=O) groups excluding carboxylic acids is 1. The molecule has 1 atom stereocenters. The van der Waals surface area contributed by atoms with E-state index in [9.17, 15) is 9.90 Å². The van der Waals surface area contributed by atoms with Gasteiger partial charge in [0.2, 0.25) is 5.91 Å². The van der Waals surface area contributed by atoms with Gasteiger partial charge in [-0.3, -0.25) is 4.79 Å². The van der Waals surface area contributed by atoms with Crippen LogP contribution < -0.4 is 0 Å². The van der Waals surface area contributed by atoms with Crippen molar-refractivity contribution in [3.8, 4) is 5.75 Å². The zero-order chi connectivity index (χ0) is 17.1. The maximum Gasteiger partial charge on any atom is 0.246 e. The van der Waals surface area contributed by atoms with E-state index in [1.807, 2.05) is 32.0 Å². The van der Waals surface area contributed by atoms with Gasteiger partial charge in [0.25, 0.3) is 0 Å². The van der Waals surface area contributed by atoms with Crippen molar-refractivity contribution in [3.05, 3.63) is 54.0 Å². The van der Waals surface area contributed by atoms with Gasteiger partial charge in [0, 0.05) is 17.9 Å². The molecule has 1 aliphatic rings. The summed E-state index contributed by atoms with van der Waals surface area (Å²) in [6.07, 6.45) is 3.66. The lowest BCUT2D eigenvalue weighted by molar-refractivity contribution is -0.137. The fourth-order valence-corrected chi connectivity index (χ4v) is 3.14. The molecule has 0 fully saturated rings. The summed E-state index contributed by atoms with van der Waals surface area (Å²) in [7, 11) is 0. The number of benzene rings is 1. The number of phenols is 1. The molecule has 24 heavy (non-hydrogen) atoms. The molecule has 0 spiro atoms. The van der Waals surface area contributed by atoms with Crippen molar-refractivity contribution in [2.45, 2.75) is 39.2 Å². The molecule has 1 amide bonds. The summed E-state index contributed by atoms with van der Waals surface area (Å²) in [4.78, 5) is 12.9. The van der Waals surface area contributed by atoms with Crippen LogP contribution in [0.4, 0.5) is 0 Å². The van der Waals surface area contributed by atoms with Crippen LogP contribution in [0.25, 0.3) is 0 Å². The molecule has 126 valence electrons. The minimum absolute atomic E-state index is 0.00481. The fourth-order valence-electron chi connectivity index (χ4n) is 3.14. The number of rotatable bonds is 5. The molecular formula is C19H22N2O3. The Morgan fingerprint density at radius 2 is 2.04 bits per heavy atom. The Morgan fingerprint density at radius 3 is 2.67 bits per heavy atom. The Kier molecular flexibility index (Phi) is 4.69. The third-order valence-electron chi connectivity index (χ3n) is 4.57. The van der Waals surface area contributed by atoms with Gasteiger partial charge in [-0.25, -0.2) is 5.01 Å². The average molecular weight is 326 g/mol. The topological polar surface area (TPSA) is 66.0 Å². The maximum absolute atomic E-state index is 12.9. The van der Waals surface area contributed by atoms with Crippen molar-refractivity contribution in [1.82, 2.24) is 5.01 Å². The van der Waals surface area contributed by atoms with Crippen LogP contribution >= 0.6 is 0 Å². The molecule has 1 unspecified atom stereocenters. The van der Waals surface area contributed by atoms with Crippen molar-refractivity contribution in [2.24, 2.45) is 11.0 Å². The van der Waals surface area contributed by atoms with Crippen LogP contribution in [-0.2, 0) is 4.79 Å². The molecule has 5 nitrogen and oxygen atoms in total. The summed E-state index contributed by atoms with van der Waals surface area (Å²) in [5, 5.41) is 16.3. The number of carbonyl (C=O) groups is 1. The van der Waals surface area contributed by atoms with Gasteiger partial charge in [0.05, 0.1) is 12.3 Å². The van der Waals surface area contributed by atoms with Gasteiger partial charge in [-0.05, 0) is 31.0 Å². The van der Waals surface area contributed by atoms with E-state index < -0.39 is 0 Å². The number of phenolic OH excluding ortho intramolecular Hbond substituents is 1. The van der Waals surface area contributed by atoms with Crippen LogP contribution in [0, 0.1) is 5.92 Å². The van der Waals surface area contributed by atoms with Crippen molar-refractivity contribution < 1.29 is 14.3 Å². The number of hydrogen-bond donors (Lipinski definition) is 1. The highest BCUT2D eigenvalue weighted by Crippen LogP contribution is 2.38. The van der Waals surface area contributed by atoms with Crippen molar-refractivity contribution in [2.75, 3.05) is 0 Å². The van der Waals surface area contributed by atoms with Crippen LogP contribution in [0.1, 0.15) is 50.5 Å². The second-order valence-corrected chi connectivity index (χ2v) is 6.00. The lowest BCUT2D eigenvalue weighted by Crippen LogP contribution is -2.32. The second-order valence-electron chi connectivity index (χ2n) is 6.00. The van der Waals surface area contributed by atoms with Gasteiger partial charge < -0.3 is 9.52 Å². The Labute approximate surface area is 141 Å². The number of hydrogen-bond acceptors (Lipinski definition) is 4. The standard InChI is InChI=1S/C19H22N2O3/c1-3-13(4-2)19(23)21-16(14-8-5-6-9-17(14)22)12-15(20-21)18-10-7-11-24-18/h5-11,13,16,22H,3-4,12H2,1-2H3. The molecule has 0 saturated heterocycles. The van der Waals surface area contributed by atoms with E-state index in [0.717, 1.165) is 18.6 Å². The molecule has 1 N–H and O–H groups in total. The largest absolute Gasteiger partial charge is 0.508 e. The van der Waals surface area contributed by atoms with Crippen molar-refractivity contribution >= 4 is 11.6 Å². The monoisotopic (exact) mass is 326 g/mol. The van der Waals surface area contributed by atoms with Crippen LogP contribution in [0.2, 0.25) is 0 Å². The lowest BCUT2D eigenvalue weighted by atomic mass is 9.97. The van der Waals surface area contributed by atoms with E-state index >= 15 is 0 Å². The van der Waals surface area contributed by atoms with Gasteiger partial charge in [0.1, 0.15) is 17.2 Å². The Bertz CT molecular complexity index is 733. The molecular weight excluding hydrogens is 304 g/mol. The first-order chi connectivity index (χ1) is 11.7. The highest BCUT2D eigenvalue weighted by Gasteiger charge is 2.37. The normalized spacial score (nSPS) is 17.4. The van der Waals surface area contributed by atoms with Gasteiger partial charge in [-0.2, -0.15) is 5.10 Å². The lowest BCUT2D eigenvalue weighted by Gasteiger charge is -2.26. The molecule has 0 saturated carbocycles. The summed E-state index contributed by atoms with van der Waals surface area (Å²) >= 11 is 0. The molecule has 0 bridgehead atoms. The molecule has 1 aliphatic heterocycles. The highest BCUT2D eigenvalue weighted by molar-refractivity contribution is 6.01. The minimum Gasteiger partial charge on any atom is -0.508 e. The summed E-state index contributed by atoms with van der Waals surface area (Å²) in [6.45, 7) is 4.02. The van der Waals surface area contributed by atoms with Crippen LogP contribution in [0.15, 0.2) is 52.2 Å². The molecule has 2 heterocycles. The zero-order valence-corrected chi connectivity index (χ0v) is 14.0. The van der Waals surface area contributed by atoms with Crippen LogP contribution in [0.3, 0.4) is 0 Å². The number of hydrazone groups is 1. The SMILES string of the molecule is CCC(CC)C(=O)N1N=C(c2ccco2)CC1c1ccccc1O. The van der Waals surface area contributed by atoms with E-state index in [1.165, 1.54) is 5.01 Å². The maximum atomic E-state index is 12.9. The summed E-state index contributed by atoms with van der Waals surface area (Å²) < 4.78 is 5.44. The predicted molar refractivity (Wildman–Crippen MR) is 91.6 cm³/mol. The third-order valence-corrected chi connectivity index (χ3v) is 4.57.